The summed E-state index contributed by atoms with van der Waals surface area (Å²) in [7, 11) is 0. The van der Waals surface area contributed by atoms with Crippen molar-refractivity contribution in [1.29, 1.82) is 0 Å². The van der Waals surface area contributed by atoms with E-state index in [1.165, 1.54) is 0 Å². The van der Waals surface area contributed by atoms with Crippen LogP contribution >= 0.6 is 11.6 Å². The summed E-state index contributed by atoms with van der Waals surface area (Å²) >= 11 is 5.89. The molecule has 0 fully saturated rings. The standard InChI is InChI=1S/C11H13ClO3/c1-6-4-10(13)8(5-9(6)12)3-7(2)11(14)15/h4-5,7,13H,3H2,1-2H3,(H,14,15). The van der Waals surface area contributed by atoms with Gasteiger partial charge in [-0.15, -0.1) is 0 Å². The lowest BCUT2D eigenvalue weighted by Gasteiger charge is -2.10. The Balaban J connectivity index is 2.95. The van der Waals surface area contributed by atoms with E-state index in [-0.39, 0.29) is 12.2 Å². The third kappa shape index (κ3) is 2.86. The summed E-state index contributed by atoms with van der Waals surface area (Å²) < 4.78 is 0. The highest BCUT2D eigenvalue weighted by Gasteiger charge is 2.14. The molecule has 4 heteroatoms. The van der Waals surface area contributed by atoms with Crippen LogP contribution in [-0.4, -0.2) is 16.2 Å². The van der Waals surface area contributed by atoms with Crippen LogP contribution in [0.3, 0.4) is 0 Å². The average molecular weight is 229 g/mol. The predicted octanol–water partition coefficient (Wildman–Crippen LogP) is 2.62. The SMILES string of the molecule is Cc1cc(O)c(CC(C)C(=O)O)cc1Cl. The number of phenols is 1. The van der Waals surface area contributed by atoms with Crippen LogP contribution in [0.5, 0.6) is 5.75 Å². The van der Waals surface area contributed by atoms with Crippen LogP contribution in [0.15, 0.2) is 12.1 Å². The van der Waals surface area contributed by atoms with Crippen molar-refractivity contribution in [3.05, 3.63) is 28.3 Å². The van der Waals surface area contributed by atoms with Crippen LogP contribution in [0.4, 0.5) is 0 Å². The van der Waals surface area contributed by atoms with Crippen molar-refractivity contribution < 1.29 is 15.0 Å². The molecule has 0 aliphatic carbocycles. The average Bonchev–Trinajstić information content (AvgIpc) is 2.13. The van der Waals surface area contributed by atoms with Crippen molar-refractivity contribution in [2.24, 2.45) is 5.92 Å². The number of benzene rings is 1. The number of carboxylic acid groups (broad SMARTS) is 1. The predicted molar refractivity (Wildman–Crippen MR) is 58.4 cm³/mol. The van der Waals surface area contributed by atoms with Crippen molar-refractivity contribution in [1.82, 2.24) is 0 Å². The highest BCUT2D eigenvalue weighted by atomic mass is 35.5. The minimum Gasteiger partial charge on any atom is -0.508 e. The number of aliphatic carboxylic acids is 1. The zero-order chi connectivity index (χ0) is 11.6. The molecule has 0 aliphatic heterocycles. The fourth-order valence-electron chi connectivity index (χ4n) is 1.29. The van der Waals surface area contributed by atoms with Crippen LogP contribution in [0, 0.1) is 12.8 Å². The molecule has 0 bridgehead atoms. The van der Waals surface area contributed by atoms with Gasteiger partial charge >= 0.3 is 5.97 Å². The van der Waals surface area contributed by atoms with E-state index in [1.54, 1.807) is 26.0 Å². The molecule has 1 atom stereocenters. The van der Waals surface area contributed by atoms with Crippen molar-refractivity contribution in [2.45, 2.75) is 20.3 Å². The number of aryl methyl sites for hydroxylation is 1. The van der Waals surface area contributed by atoms with Gasteiger partial charge in [-0.3, -0.25) is 4.79 Å². The molecule has 1 aromatic carbocycles. The molecule has 1 unspecified atom stereocenters. The molecule has 0 saturated heterocycles. The van der Waals surface area contributed by atoms with E-state index in [1.807, 2.05) is 0 Å². The fraction of sp³-hybridized carbons (Fsp3) is 0.364. The minimum absolute atomic E-state index is 0.102. The summed E-state index contributed by atoms with van der Waals surface area (Å²) in [6.45, 7) is 3.38. The Labute approximate surface area is 93.3 Å². The Kier molecular flexibility index (Phi) is 3.58. The van der Waals surface area contributed by atoms with Gasteiger partial charge in [0, 0.05) is 5.02 Å². The molecular weight excluding hydrogens is 216 g/mol. The maximum atomic E-state index is 10.7. The smallest absolute Gasteiger partial charge is 0.306 e. The minimum atomic E-state index is -0.883. The van der Waals surface area contributed by atoms with E-state index in [9.17, 15) is 9.90 Å². The van der Waals surface area contributed by atoms with Crippen LogP contribution in [0.2, 0.25) is 5.02 Å². The lowest BCUT2D eigenvalue weighted by atomic mass is 9.99. The summed E-state index contributed by atoms with van der Waals surface area (Å²) in [6.07, 6.45) is 0.279. The molecule has 82 valence electrons. The highest BCUT2D eigenvalue weighted by Crippen LogP contribution is 2.27. The molecule has 0 aliphatic rings. The second-order valence-corrected chi connectivity index (χ2v) is 4.08. The monoisotopic (exact) mass is 228 g/mol. The Bertz CT molecular complexity index is 388. The topological polar surface area (TPSA) is 57.5 Å². The second kappa shape index (κ2) is 4.53. The maximum Gasteiger partial charge on any atom is 0.306 e. The molecule has 1 aromatic rings. The van der Waals surface area contributed by atoms with E-state index in [2.05, 4.69) is 0 Å². The quantitative estimate of drug-likeness (QED) is 0.836. The number of phenolic OH excluding ortho intramolecular Hbond substituents is 1. The summed E-state index contributed by atoms with van der Waals surface area (Å²) in [5, 5.41) is 18.9. The molecule has 0 spiro atoms. The molecule has 3 nitrogen and oxygen atoms in total. The van der Waals surface area contributed by atoms with Crippen molar-refractivity contribution in [3.63, 3.8) is 0 Å². The van der Waals surface area contributed by atoms with Gasteiger partial charge in [0.1, 0.15) is 5.75 Å². The fourth-order valence-corrected chi connectivity index (χ4v) is 1.47. The van der Waals surface area contributed by atoms with Gasteiger partial charge in [0.15, 0.2) is 0 Å². The van der Waals surface area contributed by atoms with Gasteiger partial charge in [-0.25, -0.2) is 0 Å². The Morgan fingerprint density at radius 2 is 2.13 bits per heavy atom. The van der Waals surface area contributed by atoms with Crippen LogP contribution < -0.4 is 0 Å². The summed E-state index contributed by atoms with van der Waals surface area (Å²) in [4.78, 5) is 10.7. The second-order valence-electron chi connectivity index (χ2n) is 3.67. The summed E-state index contributed by atoms with van der Waals surface area (Å²) in [5.74, 6) is -1.31. The van der Waals surface area contributed by atoms with E-state index >= 15 is 0 Å². The maximum absolute atomic E-state index is 10.7. The number of hydrogen-bond acceptors (Lipinski definition) is 2. The van der Waals surface area contributed by atoms with Crippen molar-refractivity contribution in [3.8, 4) is 5.75 Å². The first-order valence-electron chi connectivity index (χ1n) is 4.62. The van der Waals surface area contributed by atoms with Gasteiger partial charge in [0.05, 0.1) is 5.92 Å². The van der Waals surface area contributed by atoms with Gasteiger partial charge in [0.2, 0.25) is 0 Å². The van der Waals surface area contributed by atoms with Crippen LogP contribution in [0.1, 0.15) is 18.1 Å². The van der Waals surface area contributed by atoms with Gasteiger partial charge in [-0.1, -0.05) is 18.5 Å². The summed E-state index contributed by atoms with van der Waals surface area (Å²) in [5.41, 5.74) is 1.35. The Morgan fingerprint density at radius 1 is 1.53 bits per heavy atom. The Morgan fingerprint density at radius 3 is 2.67 bits per heavy atom. The van der Waals surface area contributed by atoms with Crippen molar-refractivity contribution in [2.75, 3.05) is 0 Å². The van der Waals surface area contributed by atoms with E-state index in [4.69, 9.17) is 16.7 Å². The number of carbonyl (C=O) groups is 1. The van der Waals surface area contributed by atoms with E-state index in [0.29, 0.717) is 10.6 Å². The lowest BCUT2D eigenvalue weighted by Crippen LogP contribution is -2.12. The first kappa shape index (κ1) is 11.9. The van der Waals surface area contributed by atoms with Crippen molar-refractivity contribution >= 4 is 17.6 Å². The Hall–Kier alpha value is -1.22. The van der Waals surface area contributed by atoms with Gasteiger partial charge in [-0.2, -0.15) is 0 Å². The first-order valence-corrected chi connectivity index (χ1v) is 5.00. The zero-order valence-electron chi connectivity index (χ0n) is 8.62. The number of rotatable bonds is 3. The highest BCUT2D eigenvalue weighted by molar-refractivity contribution is 6.31. The molecule has 1 rings (SSSR count). The molecule has 0 radical (unpaired) electrons. The van der Waals surface area contributed by atoms with Gasteiger partial charge < -0.3 is 10.2 Å². The first-order chi connectivity index (χ1) is 6.91. The third-order valence-electron chi connectivity index (χ3n) is 2.31. The zero-order valence-corrected chi connectivity index (χ0v) is 9.38. The van der Waals surface area contributed by atoms with Crippen LogP contribution in [-0.2, 0) is 11.2 Å². The summed E-state index contributed by atoms with van der Waals surface area (Å²) in [6, 6.07) is 3.16. The largest absolute Gasteiger partial charge is 0.508 e. The number of halogens is 1. The molecular formula is C11H13ClO3. The normalized spacial score (nSPS) is 12.5. The number of carboxylic acids is 1. The number of hydrogen-bond donors (Lipinski definition) is 2. The van der Waals surface area contributed by atoms with Crippen LogP contribution in [0.25, 0.3) is 0 Å². The molecule has 0 saturated carbocycles. The molecule has 0 amide bonds. The third-order valence-corrected chi connectivity index (χ3v) is 2.71. The van der Waals surface area contributed by atoms with Gasteiger partial charge in [0.25, 0.3) is 0 Å². The lowest BCUT2D eigenvalue weighted by molar-refractivity contribution is -0.141. The molecule has 0 heterocycles. The van der Waals surface area contributed by atoms with Gasteiger partial charge in [-0.05, 0) is 36.6 Å². The molecule has 2 N–H and O–H groups in total. The van der Waals surface area contributed by atoms with E-state index in [0.717, 1.165) is 5.56 Å². The number of aromatic hydroxyl groups is 1. The molecule has 0 aromatic heterocycles. The molecule has 15 heavy (non-hydrogen) atoms. The van der Waals surface area contributed by atoms with E-state index < -0.39 is 11.9 Å².